The summed E-state index contributed by atoms with van der Waals surface area (Å²) < 4.78 is 33.4. The van der Waals surface area contributed by atoms with Crippen LogP contribution in [0.1, 0.15) is 39.0 Å². The molecule has 32 heavy (non-hydrogen) atoms. The van der Waals surface area contributed by atoms with Gasteiger partial charge in [0.2, 0.25) is 21.9 Å². The molecule has 0 unspecified atom stereocenters. The van der Waals surface area contributed by atoms with Crippen molar-refractivity contribution in [3.8, 4) is 17.1 Å². The lowest BCUT2D eigenvalue weighted by atomic mass is 9.95. The second-order valence-corrected chi connectivity index (χ2v) is 10.7. The molecule has 0 radical (unpaired) electrons. The Morgan fingerprint density at radius 2 is 2.03 bits per heavy atom. The molecule has 4 heterocycles. The second-order valence-electron chi connectivity index (χ2n) is 8.77. The van der Waals surface area contributed by atoms with E-state index in [1.165, 1.54) is 10.6 Å². The minimum atomic E-state index is -3.18. The summed E-state index contributed by atoms with van der Waals surface area (Å²) in [7, 11) is -3.18. The van der Waals surface area contributed by atoms with Crippen molar-refractivity contribution < 1.29 is 13.2 Å². The molecule has 0 spiro atoms. The van der Waals surface area contributed by atoms with Gasteiger partial charge in [-0.3, -0.25) is 5.10 Å². The monoisotopic (exact) mass is 460 g/mol. The molecular formula is C20H28N8O3S. The Morgan fingerprint density at radius 1 is 1.22 bits per heavy atom. The van der Waals surface area contributed by atoms with E-state index in [2.05, 4.69) is 30.6 Å². The topological polar surface area (TPSA) is 130 Å². The number of aromatic nitrogens is 6. The Labute approximate surface area is 186 Å². The summed E-state index contributed by atoms with van der Waals surface area (Å²) in [6.45, 7) is 3.00. The molecule has 1 saturated heterocycles. The third-order valence-corrected chi connectivity index (χ3v) is 7.61. The number of anilines is 1. The zero-order valence-corrected chi connectivity index (χ0v) is 19.0. The van der Waals surface area contributed by atoms with Crippen LogP contribution >= 0.6 is 0 Å². The van der Waals surface area contributed by atoms with E-state index in [-0.39, 0.29) is 18.1 Å². The number of sulfonamides is 1. The number of rotatable bonds is 6. The predicted molar refractivity (Wildman–Crippen MR) is 119 cm³/mol. The number of fused-ring (bicyclic) bond motifs is 1. The summed E-state index contributed by atoms with van der Waals surface area (Å²) in [4.78, 5) is 9.20. The molecule has 2 aliphatic rings. The van der Waals surface area contributed by atoms with Crippen LogP contribution in [0.3, 0.4) is 0 Å². The average Bonchev–Trinajstić information content (AvgIpc) is 3.50. The van der Waals surface area contributed by atoms with E-state index in [1.807, 2.05) is 6.92 Å². The number of piperidine rings is 1. The highest BCUT2D eigenvalue weighted by molar-refractivity contribution is 7.88. The summed E-state index contributed by atoms with van der Waals surface area (Å²) >= 11 is 0. The zero-order valence-electron chi connectivity index (χ0n) is 18.2. The smallest absolute Gasteiger partial charge is 0.244 e. The molecule has 3 aromatic rings. The van der Waals surface area contributed by atoms with Crippen LogP contribution in [0.15, 0.2) is 18.6 Å². The number of ether oxygens (including phenoxy) is 1. The van der Waals surface area contributed by atoms with Gasteiger partial charge < -0.3 is 10.1 Å². The maximum atomic E-state index is 11.9. The van der Waals surface area contributed by atoms with Crippen molar-refractivity contribution in [3.63, 3.8) is 0 Å². The Morgan fingerprint density at radius 3 is 2.72 bits per heavy atom. The zero-order chi connectivity index (χ0) is 22.3. The van der Waals surface area contributed by atoms with Gasteiger partial charge in [0.25, 0.3) is 0 Å². The van der Waals surface area contributed by atoms with Crippen LogP contribution in [-0.4, -0.2) is 74.0 Å². The van der Waals surface area contributed by atoms with Gasteiger partial charge in [0.05, 0.1) is 18.6 Å². The molecule has 12 heteroatoms. The third kappa shape index (κ3) is 4.16. The van der Waals surface area contributed by atoms with E-state index < -0.39 is 10.0 Å². The number of nitrogens with one attached hydrogen (secondary N) is 2. The molecule has 0 aromatic carbocycles. The Hall–Kier alpha value is -2.73. The van der Waals surface area contributed by atoms with Crippen LogP contribution < -0.4 is 10.1 Å². The lowest BCUT2D eigenvalue weighted by Gasteiger charge is -2.35. The van der Waals surface area contributed by atoms with Gasteiger partial charge in [-0.05, 0) is 38.0 Å². The van der Waals surface area contributed by atoms with E-state index >= 15 is 0 Å². The van der Waals surface area contributed by atoms with Crippen molar-refractivity contribution in [2.75, 3.05) is 24.7 Å². The van der Waals surface area contributed by atoms with Crippen molar-refractivity contribution in [3.05, 3.63) is 18.6 Å². The minimum Gasteiger partial charge on any atom is -0.473 e. The fourth-order valence-corrected chi connectivity index (χ4v) is 5.48. The lowest BCUT2D eigenvalue weighted by molar-refractivity contribution is 0.197. The Balaban J connectivity index is 1.43. The molecule has 1 aliphatic carbocycles. The Bertz CT molecular complexity index is 1190. The molecule has 11 nitrogen and oxygen atoms in total. The maximum Gasteiger partial charge on any atom is 0.244 e. The second kappa shape index (κ2) is 8.32. The summed E-state index contributed by atoms with van der Waals surface area (Å²) in [6, 6.07) is 0.0749. The molecule has 5 rings (SSSR count). The molecule has 3 aromatic heterocycles. The molecule has 0 bridgehead atoms. The van der Waals surface area contributed by atoms with Gasteiger partial charge in [0.1, 0.15) is 11.8 Å². The van der Waals surface area contributed by atoms with Crippen LogP contribution in [0.4, 0.5) is 5.95 Å². The largest absolute Gasteiger partial charge is 0.473 e. The van der Waals surface area contributed by atoms with Gasteiger partial charge in [-0.25, -0.2) is 17.7 Å². The SMILES string of the molecule is C[C@@H]1CN(S(C)(=O)=O)CC[C@@H]1Nc1nc2cnc(-c3cn[nH]c3)c(OC3CCCC3)n2n1. The van der Waals surface area contributed by atoms with E-state index in [0.717, 1.165) is 31.2 Å². The number of aromatic amines is 1. The van der Waals surface area contributed by atoms with Gasteiger partial charge in [0.15, 0.2) is 5.65 Å². The fraction of sp³-hybridized carbons (Fsp3) is 0.600. The van der Waals surface area contributed by atoms with Crippen LogP contribution in [0.25, 0.3) is 16.9 Å². The summed E-state index contributed by atoms with van der Waals surface area (Å²) in [5, 5.41) is 15.0. The molecule has 2 fully saturated rings. The summed E-state index contributed by atoms with van der Waals surface area (Å²) in [6.07, 6.45) is 11.6. The van der Waals surface area contributed by atoms with Crippen LogP contribution in [0.2, 0.25) is 0 Å². The number of nitrogens with zero attached hydrogens (tertiary/aromatic N) is 6. The highest BCUT2D eigenvalue weighted by atomic mass is 32.2. The molecule has 1 aliphatic heterocycles. The first-order valence-corrected chi connectivity index (χ1v) is 12.9. The van der Waals surface area contributed by atoms with Crippen molar-refractivity contribution in [1.82, 2.24) is 34.1 Å². The first-order valence-electron chi connectivity index (χ1n) is 11.0. The highest BCUT2D eigenvalue weighted by Gasteiger charge is 2.31. The van der Waals surface area contributed by atoms with E-state index in [0.29, 0.717) is 42.7 Å². The number of H-pyrrole nitrogens is 1. The van der Waals surface area contributed by atoms with Gasteiger partial charge in [-0.15, -0.1) is 5.10 Å². The van der Waals surface area contributed by atoms with E-state index in [9.17, 15) is 8.42 Å². The number of hydrogen-bond acceptors (Lipinski definition) is 8. The highest BCUT2D eigenvalue weighted by Crippen LogP contribution is 2.32. The maximum absolute atomic E-state index is 11.9. The minimum absolute atomic E-state index is 0.0749. The summed E-state index contributed by atoms with van der Waals surface area (Å²) in [5.74, 6) is 1.17. The number of hydrogen-bond donors (Lipinski definition) is 2. The van der Waals surface area contributed by atoms with E-state index in [1.54, 1.807) is 23.1 Å². The van der Waals surface area contributed by atoms with Crippen LogP contribution in [0, 0.1) is 5.92 Å². The van der Waals surface area contributed by atoms with Crippen molar-refractivity contribution in [1.29, 1.82) is 0 Å². The average molecular weight is 461 g/mol. The molecular weight excluding hydrogens is 432 g/mol. The van der Waals surface area contributed by atoms with Gasteiger partial charge in [-0.1, -0.05) is 6.92 Å². The predicted octanol–water partition coefficient (Wildman–Crippen LogP) is 1.92. The lowest BCUT2D eigenvalue weighted by Crippen LogP contribution is -2.47. The van der Waals surface area contributed by atoms with Gasteiger partial charge in [0, 0.05) is 30.9 Å². The fourth-order valence-electron chi connectivity index (χ4n) is 4.53. The normalized spacial score (nSPS) is 23.1. The summed E-state index contributed by atoms with van der Waals surface area (Å²) in [5.41, 5.74) is 2.09. The first-order chi connectivity index (χ1) is 15.4. The molecule has 2 atom stereocenters. The molecule has 172 valence electrons. The van der Waals surface area contributed by atoms with Crippen molar-refractivity contribution in [2.24, 2.45) is 5.92 Å². The van der Waals surface area contributed by atoms with Gasteiger partial charge in [-0.2, -0.15) is 14.6 Å². The van der Waals surface area contributed by atoms with E-state index in [4.69, 9.17) is 4.74 Å². The van der Waals surface area contributed by atoms with Crippen LogP contribution in [0.5, 0.6) is 5.88 Å². The van der Waals surface area contributed by atoms with Crippen LogP contribution in [-0.2, 0) is 10.0 Å². The van der Waals surface area contributed by atoms with Crippen molar-refractivity contribution in [2.45, 2.75) is 51.2 Å². The first kappa shape index (κ1) is 21.1. The third-order valence-electron chi connectivity index (χ3n) is 6.34. The molecule has 0 amide bonds. The van der Waals surface area contributed by atoms with Gasteiger partial charge >= 0.3 is 0 Å². The standard InChI is InChI=1S/C20H28N8O3S/c1-13-12-27(32(2,29)30)8-7-16(13)24-20-25-17-11-21-18(14-9-22-23-10-14)19(28(17)26-20)31-15-5-3-4-6-15/h9-11,13,15-16H,3-8,12H2,1-2H3,(H,22,23)(H,24,26)/t13-,16+/m1/s1. The molecule has 1 saturated carbocycles. The van der Waals surface area contributed by atoms with Crippen molar-refractivity contribution >= 4 is 21.6 Å². The Kier molecular flexibility index (Phi) is 5.49. The molecule has 2 N–H and O–H groups in total. The quantitative estimate of drug-likeness (QED) is 0.570.